The highest BCUT2D eigenvalue weighted by Gasteiger charge is 2.54. The zero-order chi connectivity index (χ0) is 27.0. The van der Waals surface area contributed by atoms with Crippen LogP contribution >= 0.6 is 23.1 Å². The van der Waals surface area contributed by atoms with Gasteiger partial charge in [-0.2, -0.15) is 0 Å². The first-order valence-electron chi connectivity index (χ1n) is 13.6. The summed E-state index contributed by atoms with van der Waals surface area (Å²) in [6.07, 6.45) is 6.94. The molecule has 0 atom stereocenters. The number of aryl methyl sites for hydroxylation is 1. The number of amides is 2. The van der Waals surface area contributed by atoms with Crippen molar-refractivity contribution >= 4 is 40.0 Å². The van der Waals surface area contributed by atoms with Gasteiger partial charge in [0, 0.05) is 11.1 Å². The van der Waals surface area contributed by atoms with E-state index in [-0.39, 0.29) is 29.5 Å². The molecule has 39 heavy (non-hydrogen) atoms. The molecule has 4 fully saturated rings. The molecule has 4 aliphatic carbocycles. The molecule has 10 nitrogen and oxygen atoms in total. The third-order valence-electron chi connectivity index (χ3n) is 8.14. The Kier molecular flexibility index (Phi) is 7.32. The Hall–Kier alpha value is -2.99. The summed E-state index contributed by atoms with van der Waals surface area (Å²) in [6.45, 7) is 4.64. The van der Waals surface area contributed by atoms with Crippen molar-refractivity contribution in [1.29, 1.82) is 0 Å². The predicted molar refractivity (Wildman–Crippen MR) is 149 cm³/mol. The van der Waals surface area contributed by atoms with Crippen molar-refractivity contribution in [3.63, 3.8) is 0 Å². The van der Waals surface area contributed by atoms with E-state index in [2.05, 4.69) is 31.0 Å². The second-order valence-electron chi connectivity index (χ2n) is 11.0. The van der Waals surface area contributed by atoms with Crippen LogP contribution in [0, 0.1) is 30.1 Å². The van der Waals surface area contributed by atoms with Crippen molar-refractivity contribution in [1.82, 2.24) is 30.3 Å². The largest absolute Gasteiger partial charge is 0.494 e. The maximum Gasteiger partial charge on any atom is 0.236 e. The Labute approximate surface area is 235 Å². The standard InChI is InChI=1S/C27H33N7O3S2/c1-3-37-21-6-4-20(5-7-21)34-22(31-33-26(34)38-15-23(35)29-25-32-30-16(2)39-25)14-28-24(36)27-11-17-8-18(12-27)10-19(9-17)13-27/h4-7,17-19H,3,8-15H2,1-2H3,(H,28,36)(H,29,32,35). The average Bonchev–Trinajstić information content (AvgIpc) is 3.51. The molecule has 2 amide bonds. The van der Waals surface area contributed by atoms with E-state index in [1.165, 1.54) is 42.4 Å². The van der Waals surface area contributed by atoms with Crippen molar-refractivity contribution < 1.29 is 14.3 Å². The molecular weight excluding hydrogens is 534 g/mol. The van der Waals surface area contributed by atoms with Crippen LogP contribution in [0.5, 0.6) is 5.75 Å². The number of carbonyl (C=O) groups excluding carboxylic acids is 2. The van der Waals surface area contributed by atoms with E-state index < -0.39 is 0 Å². The van der Waals surface area contributed by atoms with Crippen molar-refractivity contribution in [2.24, 2.45) is 23.2 Å². The minimum absolute atomic E-state index is 0.132. The molecular formula is C27H33N7O3S2. The van der Waals surface area contributed by atoms with Gasteiger partial charge in [0.2, 0.25) is 16.9 Å². The average molecular weight is 568 g/mol. The Balaban J connectivity index is 1.18. The molecule has 4 bridgehead atoms. The summed E-state index contributed by atoms with van der Waals surface area (Å²) in [5, 5.41) is 24.5. The van der Waals surface area contributed by atoms with Crippen LogP contribution in [-0.2, 0) is 16.1 Å². The molecule has 12 heteroatoms. The zero-order valence-electron chi connectivity index (χ0n) is 22.2. The van der Waals surface area contributed by atoms with Gasteiger partial charge in [-0.15, -0.1) is 20.4 Å². The summed E-state index contributed by atoms with van der Waals surface area (Å²) in [5.74, 6) is 3.59. The molecule has 0 unspecified atom stereocenters. The number of nitrogens with zero attached hydrogens (tertiary/aromatic N) is 5. The Morgan fingerprint density at radius 2 is 1.74 bits per heavy atom. The van der Waals surface area contributed by atoms with Gasteiger partial charge < -0.3 is 10.1 Å². The lowest BCUT2D eigenvalue weighted by atomic mass is 9.49. The summed E-state index contributed by atoms with van der Waals surface area (Å²) in [7, 11) is 0. The number of benzene rings is 1. The van der Waals surface area contributed by atoms with Gasteiger partial charge in [-0.05, 0) is 94.4 Å². The van der Waals surface area contributed by atoms with Crippen molar-refractivity contribution in [2.45, 2.75) is 64.1 Å². The molecule has 3 aromatic rings. The van der Waals surface area contributed by atoms with E-state index in [1.54, 1.807) is 0 Å². The first kappa shape index (κ1) is 26.2. The van der Waals surface area contributed by atoms with Crippen LogP contribution in [0.1, 0.15) is 56.3 Å². The Bertz CT molecular complexity index is 1320. The first-order valence-corrected chi connectivity index (χ1v) is 15.4. The quantitative estimate of drug-likeness (QED) is 0.346. The fourth-order valence-corrected chi connectivity index (χ4v) is 8.37. The fraction of sp³-hybridized carbons (Fsp3) is 0.556. The van der Waals surface area contributed by atoms with Crippen LogP contribution in [0.3, 0.4) is 0 Å². The van der Waals surface area contributed by atoms with Gasteiger partial charge in [0.1, 0.15) is 10.8 Å². The van der Waals surface area contributed by atoms with Crippen LogP contribution in [0.4, 0.5) is 5.13 Å². The van der Waals surface area contributed by atoms with Crippen LogP contribution in [0.25, 0.3) is 5.69 Å². The Morgan fingerprint density at radius 1 is 1.05 bits per heavy atom. The Morgan fingerprint density at radius 3 is 2.36 bits per heavy atom. The van der Waals surface area contributed by atoms with Gasteiger partial charge in [0.15, 0.2) is 11.0 Å². The number of rotatable bonds is 10. The second-order valence-corrected chi connectivity index (χ2v) is 13.1. The van der Waals surface area contributed by atoms with Crippen LogP contribution in [0.2, 0.25) is 0 Å². The number of ether oxygens (including phenoxy) is 1. The maximum absolute atomic E-state index is 13.6. The van der Waals surface area contributed by atoms with Crippen LogP contribution < -0.4 is 15.4 Å². The highest BCUT2D eigenvalue weighted by atomic mass is 32.2. The SMILES string of the molecule is CCOc1ccc(-n2c(CNC(=O)C34CC5CC(CC(C5)C3)C4)nnc2SCC(=O)Nc2nnc(C)s2)cc1. The molecule has 4 aliphatic rings. The van der Waals surface area contributed by atoms with Crippen molar-refractivity contribution in [3.8, 4) is 11.4 Å². The van der Waals surface area contributed by atoms with Gasteiger partial charge in [-0.25, -0.2) is 0 Å². The van der Waals surface area contributed by atoms with Crippen LogP contribution in [-0.4, -0.2) is 49.1 Å². The number of hydrogen-bond acceptors (Lipinski definition) is 9. The fourth-order valence-electron chi connectivity index (χ4n) is 6.99. The van der Waals surface area contributed by atoms with Gasteiger partial charge in [-0.1, -0.05) is 23.1 Å². The van der Waals surface area contributed by atoms with Crippen molar-refractivity contribution in [2.75, 3.05) is 17.7 Å². The molecule has 0 spiro atoms. The summed E-state index contributed by atoms with van der Waals surface area (Å²) in [6, 6.07) is 7.67. The van der Waals surface area contributed by atoms with E-state index in [1.807, 2.05) is 42.7 Å². The minimum Gasteiger partial charge on any atom is -0.494 e. The molecule has 0 saturated heterocycles. The topological polar surface area (TPSA) is 124 Å². The monoisotopic (exact) mass is 567 g/mol. The number of thioether (sulfide) groups is 1. The lowest BCUT2D eigenvalue weighted by Crippen LogP contribution is -2.53. The lowest BCUT2D eigenvalue weighted by Gasteiger charge is -2.55. The zero-order valence-corrected chi connectivity index (χ0v) is 23.8. The van der Waals surface area contributed by atoms with Crippen molar-refractivity contribution in [3.05, 3.63) is 35.1 Å². The van der Waals surface area contributed by atoms with E-state index in [9.17, 15) is 9.59 Å². The number of anilines is 1. The van der Waals surface area contributed by atoms with Gasteiger partial charge in [-0.3, -0.25) is 19.5 Å². The lowest BCUT2D eigenvalue weighted by molar-refractivity contribution is -0.146. The molecule has 7 rings (SSSR count). The molecule has 1 aromatic carbocycles. The first-order chi connectivity index (χ1) is 18.9. The summed E-state index contributed by atoms with van der Waals surface area (Å²) in [4.78, 5) is 26.1. The number of carbonyl (C=O) groups is 2. The van der Waals surface area contributed by atoms with Gasteiger partial charge >= 0.3 is 0 Å². The van der Waals surface area contributed by atoms with E-state index in [0.29, 0.717) is 40.5 Å². The molecule has 2 N–H and O–H groups in total. The van der Waals surface area contributed by atoms with Gasteiger partial charge in [0.05, 0.1) is 18.9 Å². The third kappa shape index (κ3) is 5.54. The molecule has 0 aliphatic heterocycles. The van der Waals surface area contributed by atoms with Gasteiger partial charge in [0.25, 0.3) is 0 Å². The molecule has 2 heterocycles. The molecule has 0 radical (unpaired) electrons. The molecule has 4 saturated carbocycles. The number of aromatic nitrogens is 5. The van der Waals surface area contributed by atoms with Crippen LogP contribution in [0.15, 0.2) is 29.4 Å². The highest BCUT2D eigenvalue weighted by Crippen LogP contribution is 2.60. The number of hydrogen-bond donors (Lipinski definition) is 2. The maximum atomic E-state index is 13.6. The second kappa shape index (κ2) is 10.9. The smallest absolute Gasteiger partial charge is 0.236 e. The minimum atomic E-state index is -0.225. The third-order valence-corrected chi connectivity index (χ3v) is 9.82. The normalized spacial score (nSPS) is 25.0. The summed E-state index contributed by atoms with van der Waals surface area (Å²) < 4.78 is 7.51. The van der Waals surface area contributed by atoms with E-state index in [4.69, 9.17) is 4.74 Å². The molecule has 2 aromatic heterocycles. The van der Waals surface area contributed by atoms with E-state index in [0.717, 1.165) is 35.7 Å². The predicted octanol–water partition coefficient (Wildman–Crippen LogP) is 4.39. The highest BCUT2D eigenvalue weighted by molar-refractivity contribution is 7.99. The molecule has 206 valence electrons. The van der Waals surface area contributed by atoms with E-state index >= 15 is 0 Å². The summed E-state index contributed by atoms with van der Waals surface area (Å²) in [5.41, 5.74) is 0.613. The number of nitrogens with one attached hydrogen (secondary N) is 2. The summed E-state index contributed by atoms with van der Waals surface area (Å²) >= 11 is 2.61.